The van der Waals surface area contributed by atoms with Gasteiger partial charge in [0.15, 0.2) is 0 Å². The van der Waals surface area contributed by atoms with Crippen LogP contribution in [0.5, 0.6) is 0 Å². The van der Waals surface area contributed by atoms with E-state index in [9.17, 15) is 0 Å². The minimum atomic E-state index is -2.69. The molecule has 0 aromatic heterocycles. The van der Waals surface area contributed by atoms with Gasteiger partial charge in [-0.2, -0.15) is 0 Å². The van der Waals surface area contributed by atoms with Gasteiger partial charge in [0.2, 0.25) is 0 Å². The van der Waals surface area contributed by atoms with Crippen molar-refractivity contribution in [1.29, 1.82) is 0 Å². The van der Waals surface area contributed by atoms with Gasteiger partial charge in [0.25, 0.3) is 0 Å². The first kappa shape index (κ1) is 29.8. The van der Waals surface area contributed by atoms with E-state index < -0.39 is 15.0 Å². The van der Waals surface area contributed by atoms with E-state index in [-0.39, 0.29) is 12.1 Å². The predicted molar refractivity (Wildman–Crippen MR) is 146 cm³/mol. The van der Waals surface area contributed by atoms with Gasteiger partial charge in [-0.15, -0.1) is 0 Å². The van der Waals surface area contributed by atoms with Gasteiger partial charge in [0.05, 0.1) is 0 Å². The molecule has 0 spiro atoms. The Bertz CT molecular complexity index is 804. The van der Waals surface area contributed by atoms with Crippen molar-refractivity contribution in [2.75, 3.05) is 13.1 Å². The SMILES string of the molecule is CC(C)c1cccc(C(C)C)c1C(N)C[N](CC(N)c1c(C(C)C)cccc1C(C)C)[Re]([Cl])[Cl]. The van der Waals surface area contributed by atoms with Crippen LogP contribution in [0.1, 0.15) is 125 Å². The van der Waals surface area contributed by atoms with Crippen molar-refractivity contribution in [2.45, 2.75) is 91.1 Å². The van der Waals surface area contributed by atoms with Crippen molar-refractivity contribution in [3.05, 3.63) is 69.8 Å². The summed E-state index contributed by atoms with van der Waals surface area (Å²) in [4.78, 5) is 0. The fraction of sp³-hybridized carbons (Fsp3) is 0.571. The Morgan fingerprint density at radius 2 is 0.882 bits per heavy atom. The number of hydrogen-bond donors (Lipinski definition) is 2. The first-order chi connectivity index (χ1) is 15.9. The van der Waals surface area contributed by atoms with Crippen LogP contribution in [0.3, 0.4) is 0 Å². The standard InChI is InChI=1S/C28H44N3.2ClH.Re/c1-17(2)21-11-9-12-22(18(3)4)27(21)25(29)15-31-16-26(30)28-23(19(5)6)13-10-14-24(28)20(7)8;;;/h9-14,17-20,25-26H,15-16,29-30H2,1-8H3;2*1H;/q-1;;;+3/p-2. The molecule has 0 aliphatic heterocycles. The molecule has 192 valence electrons. The van der Waals surface area contributed by atoms with Crippen LogP contribution in [-0.2, 0) is 15.0 Å². The molecule has 0 bridgehead atoms. The molecule has 2 atom stereocenters. The van der Waals surface area contributed by atoms with Gasteiger partial charge in [0, 0.05) is 0 Å². The van der Waals surface area contributed by atoms with E-state index >= 15 is 0 Å². The van der Waals surface area contributed by atoms with Crippen LogP contribution < -0.4 is 11.5 Å². The Balaban J connectivity index is 2.41. The molecule has 0 heterocycles. The molecular weight excluding hydrogens is 635 g/mol. The zero-order valence-corrected chi connectivity index (χ0v) is 26.3. The summed E-state index contributed by atoms with van der Waals surface area (Å²) < 4.78 is 2.20. The number of nitrogens with zero attached hydrogens (tertiary/aromatic N) is 1. The fourth-order valence-electron chi connectivity index (χ4n) is 4.86. The fourth-order valence-corrected chi connectivity index (χ4v) is 8.39. The molecule has 34 heavy (non-hydrogen) atoms. The van der Waals surface area contributed by atoms with Crippen LogP contribution in [0.15, 0.2) is 36.4 Å². The van der Waals surface area contributed by atoms with Gasteiger partial charge in [-0.05, 0) is 0 Å². The molecule has 0 aliphatic carbocycles. The second-order valence-electron chi connectivity index (χ2n) is 10.5. The van der Waals surface area contributed by atoms with Crippen LogP contribution in [0, 0.1) is 0 Å². The third kappa shape index (κ3) is 7.30. The molecular formula is C28H44Cl2N3Re. The van der Waals surface area contributed by atoms with Crippen molar-refractivity contribution < 1.29 is 15.0 Å². The minimum absolute atomic E-state index is 0.168. The van der Waals surface area contributed by atoms with E-state index in [2.05, 4.69) is 95.3 Å². The normalized spacial score (nSPS) is 14.6. The van der Waals surface area contributed by atoms with Crippen molar-refractivity contribution >= 4 is 19.1 Å². The van der Waals surface area contributed by atoms with E-state index in [1.54, 1.807) is 0 Å². The Labute approximate surface area is 222 Å². The number of benzene rings is 2. The first-order valence-electron chi connectivity index (χ1n) is 12.4. The van der Waals surface area contributed by atoms with Crippen LogP contribution >= 0.6 is 19.1 Å². The number of hydrogen-bond acceptors (Lipinski definition) is 3. The molecule has 2 aromatic carbocycles. The topological polar surface area (TPSA) is 55.3 Å². The van der Waals surface area contributed by atoms with E-state index in [4.69, 9.17) is 30.5 Å². The van der Waals surface area contributed by atoms with Gasteiger partial charge < -0.3 is 0 Å². The molecule has 3 nitrogen and oxygen atoms in total. The van der Waals surface area contributed by atoms with Gasteiger partial charge in [-0.1, -0.05) is 0 Å². The summed E-state index contributed by atoms with van der Waals surface area (Å²) in [5.74, 6) is 1.58. The molecule has 0 fully saturated rings. The molecule has 0 amide bonds. The zero-order valence-electron chi connectivity index (χ0n) is 22.1. The van der Waals surface area contributed by atoms with Crippen LogP contribution in [0.4, 0.5) is 0 Å². The van der Waals surface area contributed by atoms with Gasteiger partial charge in [0.1, 0.15) is 0 Å². The third-order valence-corrected chi connectivity index (χ3v) is 11.8. The maximum atomic E-state index is 6.91. The number of nitrogens with two attached hydrogens (primary N) is 2. The summed E-state index contributed by atoms with van der Waals surface area (Å²) in [5, 5.41) is 0. The molecule has 6 heteroatoms. The van der Waals surface area contributed by atoms with Crippen LogP contribution in [-0.4, -0.2) is 16.6 Å². The summed E-state index contributed by atoms with van der Waals surface area (Å²) in [5.41, 5.74) is 21.5. The van der Waals surface area contributed by atoms with Gasteiger partial charge >= 0.3 is 223 Å². The van der Waals surface area contributed by atoms with Crippen LogP contribution in [0.2, 0.25) is 0 Å². The average molecular weight is 680 g/mol. The second-order valence-corrected chi connectivity index (χ2v) is 19.2. The predicted octanol–water partition coefficient (Wildman–Crippen LogP) is 8.02. The Kier molecular flexibility index (Phi) is 11.6. The zero-order chi connectivity index (χ0) is 25.7. The molecule has 0 saturated carbocycles. The van der Waals surface area contributed by atoms with Crippen molar-refractivity contribution in [2.24, 2.45) is 11.5 Å². The van der Waals surface area contributed by atoms with Gasteiger partial charge in [-0.3, -0.25) is 0 Å². The Morgan fingerprint density at radius 1 is 0.618 bits per heavy atom. The van der Waals surface area contributed by atoms with Crippen molar-refractivity contribution in [3.63, 3.8) is 0 Å². The molecule has 2 aromatic rings. The molecule has 2 rings (SSSR count). The maximum absolute atomic E-state index is 6.91. The van der Waals surface area contributed by atoms with E-state index in [1.807, 2.05) is 0 Å². The molecule has 2 unspecified atom stereocenters. The average Bonchev–Trinajstić information content (AvgIpc) is 2.76. The van der Waals surface area contributed by atoms with E-state index in [0.717, 1.165) is 0 Å². The van der Waals surface area contributed by atoms with E-state index in [0.29, 0.717) is 36.8 Å². The monoisotopic (exact) mass is 679 g/mol. The Hall–Kier alpha value is -0.438. The van der Waals surface area contributed by atoms with E-state index in [1.165, 1.54) is 33.4 Å². The van der Waals surface area contributed by atoms with Gasteiger partial charge in [-0.25, -0.2) is 0 Å². The molecule has 0 saturated heterocycles. The second kappa shape index (κ2) is 13.2. The summed E-state index contributed by atoms with van der Waals surface area (Å²) in [6.45, 7) is 19.0. The summed E-state index contributed by atoms with van der Waals surface area (Å²) in [6, 6.07) is 12.8. The Morgan fingerprint density at radius 3 is 1.09 bits per heavy atom. The summed E-state index contributed by atoms with van der Waals surface area (Å²) >= 11 is -2.69. The number of rotatable bonds is 11. The summed E-state index contributed by atoms with van der Waals surface area (Å²) in [6.07, 6.45) is 0. The summed E-state index contributed by atoms with van der Waals surface area (Å²) in [7, 11) is 13.4. The van der Waals surface area contributed by atoms with Crippen molar-refractivity contribution in [1.82, 2.24) is 3.53 Å². The third-order valence-electron chi connectivity index (χ3n) is 6.55. The quantitative estimate of drug-likeness (QED) is 0.253. The first-order valence-corrected chi connectivity index (χ1v) is 20.4. The number of halogens is 2. The molecule has 0 radical (unpaired) electrons. The molecule has 4 N–H and O–H groups in total. The molecule has 0 aliphatic rings. The van der Waals surface area contributed by atoms with Crippen molar-refractivity contribution in [3.8, 4) is 0 Å². The van der Waals surface area contributed by atoms with Crippen LogP contribution in [0.25, 0.3) is 0 Å².